The lowest BCUT2D eigenvalue weighted by Crippen LogP contribution is -2.23. The Morgan fingerprint density at radius 3 is 2.45 bits per heavy atom. The van der Waals surface area contributed by atoms with E-state index in [2.05, 4.69) is 54.1 Å². The van der Waals surface area contributed by atoms with Gasteiger partial charge < -0.3 is 10.6 Å². The van der Waals surface area contributed by atoms with Crippen LogP contribution in [0.2, 0.25) is 0 Å². The topological polar surface area (TPSA) is 42.2 Å². The molecule has 3 heteroatoms. The van der Waals surface area contributed by atoms with Crippen LogP contribution in [-0.2, 0) is 13.0 Å². The molecule has 0 bridgehead atoms. The largest absolute Gasteiger partial charge is 0.367 e. The second-order valence-corrected chi connectivity index (χ2v) is 5.03. The van der Waals surface area contributed by atoms with Gasteiger partial charge >= 0.3 is 0 Å². The molecule has 0 aliphatic rings. The van der Waals surface area contributed by atoms with Gasteiger partial charge in [-0.15, -0.1) is 0 Å². The van der Waals surface area contributed by atoms with E-state index in [1.54, 1.807) is 0 Å². The Kier molecular flexibility index (Phi) is 5.13. The van der Waals surface area contributed by atoms with E-state index in [4.69, 9.17) is 5.73 Å². The van der Waals surface area contributed by atoms with Crippen molar-refractivity contribution in [3.63, 3.8) is 0 Å². The summed E-state index contributed by atoms with van der Waals surface area (Å²) in [5, 5.41) is 0. The molecule has 2 N–H and O–H groups in total. The van der Waals surface area contributed by atoms with Gasteiger partial charge in [-0.05, 0) is 61.7 Å². The standard InChI is InChI=1S/C17H23N3/c1-3-20(13-16-7-10-19-11-8-16)17-5-4-15(6-9-18)12-14(17)2/h4-5,7-8,10-12H,3,6,9,13,18H2,1-2H3. The summed E-state index contributed by atoms with van der Waals surface area (Å²) in [7, 11) is 0. The summed E-state index contributed by atoms with van der Waals surface area (Å²) >= 11 is 0. The van der Waals surface area contributed by atoms with Gasteiger partial charge in [-0.3, -0.25) is 4.98 Å². The van der Waals surface area contributed by atoms with Crippen molar-refractivity contribution in [3.8, 4) is 0 Å². The van der Waals surface area contributed by atoms with Crippen LogP contribution in [0.25, 0.3) is 0 Å². The smallest absolute Gasteiger partial charge is 0.0430 e. The first-order chi connectivity index (χ1) is 9.74. The van der Waals surface area contributed by atoms with Crippen molar-refractivity contribution < 1.29 is 0 Å². The minimum absolute atomic E-state index is 0.702. The highest BCUT2D eigenvalue weighted by Crippen LogP contribution is 2.23. The van der Waals surface area contributed by atoms with Gasteiger partial charge in [0, 0.05) is 31.2 Å². The SMILES string of the molecule is CCN(Cc1ccncc1)c1ccc(CCN)cc1C. The summed E-state index contributed by atoms with van der Waals surface area (Å²) in [5.41, 5.74) is 10.8. The van der Waals surface area contributed by atoms with Gasteiger partial charge in [-0.1, -0.05) is 12.1 Å². The highest BCUT2D eigenvalue weighted by atomic mass is 15.1. The fourth-order valence-corrected chi connectivity index (χ4v) is 2.47. The Morgan fingerprint density at radius 1 is 1.10 bits per heavy atom. The average molecular weight is 269 g/mol. The van der Waals surface area contributed by atoms with Crippen LogP contribution in [-0.4, -0.2) is 18.1 Å². The molecule has 0 saturated carbocycles. The number of anilines is 1. The Balaban J connectivity index is 2.19. The van der Waals surface area contributed by atoms with E-state index in [-0.39, 0.29) is 0 Å². The molecule has 20 heavy (non-hydrogen) atoms. The molecular formula is C17H23N3. The third-order valence-corrected chi connectivity index (χ3v) is 3.54. The molecule has 0 radical (unpaired) electrons. The minimum atomic E-state index is 0.702. The first kappa shape index (κ1) is 14.5. The van der Waals surface area contributed by atoms with Crippen molar-refractivity contribution in [2.45, 2.75) is 26.8 Å². The average Bonchev–Trinajstić information content (AvgIpc) is 2.47. The van der Waals surface area contributed by atoms with Crippen molar-refractivity contribution in [3.05, 3.63) is 59.4 Å². The molecular weight excluding hydrogens is 246 g/mol. The van der Waals surface area contributed by atoms with E-state index >= 15 is 0 Å². The van der Waals surface area contributed by atoms with Crippen LogP contribution in [0.3, 0.4) is 0 Å². The molecule has 2 rings (SSSR count). The summed E-state index contributed by atoms with van der Waals surface area (Å²) in [6.45, 7) is 6.96. The number of nitrogens with two attached hydrogens (primary N) is 1. The van der Waals surface area contributed by atoms with Crippen molar-refractivity contribution in [1.82, 2.24) is 4.98 Å². The molecule has 0 aliphatic carbocycles. The third kappa shape index (κ3) is 3.58. The fraction of sp³-hybridized carbons (Fsp3) is 0.353. The number of pyridine rings is 1. The van der Waals surface area contributed by atoms with Crippen LogP contribution in [0.1, 0.15) is 23.6 Å². The molecule has 1 heterocycles. The van der Waals surface area contributed by atoms with Crippen LogP contribution in [0, 0.1) is 6.92 Å². The zero-order valence-corrected chi connectivity index (χ0v) is 12.3. The Bertz CT molecular complexity index is 537. The number of rotatable bonds is 6. The lowest BCUT2D eigenvalue weighted by molar-refractivity contribution is 0.825. The van der Waals surface area contributed by atoms with E-state index in [0.29, 0.717) is 6.54 Å². The Hall–Kier alpha value is -1.87. The normalized spacial score (nSPS) is 10.6. The highest BCUT2D eigenvalue weighted by molar-refractivity contribution is 5.54. The number of hydrogen-bond donors (Lipinski definition) is 1. The lowest BCUT2D eigenvalue weighted by Gasteiger charge is -2.25. The monoisotopic (exact) mass is 269 g/mol. The van der Waals surface area contributed by atoms with E-state index in [1.165, 1.54) is 22.4 Å². The number of aryl methyl sites for hydroxylation is 1. The van der Waals surface area contributed by atoms with Gasteiger partial charge in [0.05, 0.1) is 0 Å². The predicted octanol–water partition coefficient (Wildman–Crippen LogP) is 2.92. The third-order valence-electron chi connectivity index (χ3n) is 3.54. The number of hydrogen-bond acceptors (Lipinski definition) is 3. The molecule has 0 aliphatic heterocycles. The lowest BCUT2D eigenvalue weighted by atomic mass is 10.1. The van der Waals surface area contributed by atoms with Crippen LogP contribution in [0.4, 0.5) is 5.69 Å². The predicted molar refractivity (Wildman–Crippen MR) is 84.9 cm³/mol. The molecule has 0 amide bonds. The summed E-state index contributed by atoms with van der Waals surface area (Å²) in [6.07, 6.45) is 4.64. The van der Waals surface area contributed by atoms with Crippen molar-refractivity contribution >= 4 is 5.69 Å². The number of aromatic nitrogens is 1. The molecule has 3 nitrogen and oxygen atoms in total. The van der Waals surface area contributed by atoms with Crippen LogP contribution >= 0.6 is 0 Å². The zero-order valence-electron chi connectivity index (χ0n) is 12.3. The molecule has 0 atom stereocenters. The van der Waals surface area contributed by atoms with Crippen molar-refractivity contribution in [1.29, 1.82) is 0 Å². The van der Waals surface area contributed by atoms with Crippen LogP contribution < -0.4 is 10.6 Å². The van der Waals surface area contributed by atoms with Crippen molar-refractivity contribution in [2.24, 2.45) is 5.73 Å². The van der Waals surface area contributed by atoms with E-state index in [0.717, 1.165) is 19.5 Å². The van der Waals surface area contributed by atoms with Crippen LogP contribution in [0.5, 0.6) is 0 Å². The van der Waals surface area contributed by atoms with E-state index in [9.17, 15) is 0 Å². The van der Waals surface area contributed by atoms with E-state index < -0.39 is 0 Å². The van der Waals surface area contributed by atoms with Crippen LogP contribution in [0.15, 0.2) is 42.7 Å². The molecule has 2 aromatic rings. The summed E-state index contributed by atoms with van der Waals surface area (Å²) in [5.74, 6) is 0. The minimum Gasteiger partial charge on any atom is -0.367 e. The maximum atomic E-state index is 5.62. The van der Waals surface area contributed by atoms with Gasteiger partial charge in [0.1, 0.15) is 0 Å². The van der Waals surface area contributed by atoms with Gasteiger partial charge in [0.2, 0.25) is 0 Å². The second-order valence-electron chi connectivity index (χ2n) is 5.03. The first-order valence-electron chi connectivity index (χ1n) is 7.18. The Morgan fingerprint density at radius 2 is 1.85 bits per heavy atom. The quantitative estimate of drug-likeness (QED) is 0.876. The molecule has 1 aromatic carbocycles. The van der Waals surface area contributed by atoms with Crippen molar-refractivity contribution in [2.75, 3.05) is 18.0 Å². The van der Waals surface area contributed by atoms with Gasteiger partial charge in [0.15, 0.2) is 0 Å². The molecule has 0 saturated heterocycles. The summed E-state index contributed by atoms with van der Waals surface area (Å²) in [6, 6.07) is 10.8. The van der Waals surface area contributed by atoms with E-state index in [1.807, 2.05) is 12.4 Å². The maximum absolute atomic E-state index is 5.62. The first-order valence-corrected chi connectivity index (χ1v) is 7.18. The van der Waals surface area contributed by atoms with Gasteiger partial charge in [-0.2, -0.15) is 0 Å². The zero-order chi connectivity index (χ0) is 14.4. The van der Waals surface area contributed by atoms with Gasteiger partial charge in [0.25, 0.3) is 0 Å². The molecule has 0 spiro atoms. The number of nitrogens with zero attached hydrogens (tertiary/aromatic N) is 2. The molecule has 0 unspecified atom stereocenters. The molecule has 1 aromatic heterocycles. The highest BCUT2D eigenvalue weighted by Gasteiger charge is 2.08. The maximum Gasteiger partial charge on any atom is 0.0430 e. The fourth-order valence-electron chi connectivity index (χ4n) is 2.47. The summed E-state index contributed by atoms with van der Waals surface area (Å²) in [4.78, 5) is 6.46. The molecule has 106 valence electrons. The van der Waals surface area contributed by atoms with Gasteiger partial charge in [-0.25, -0.2) is 0 Å². The summed E-state index contributed by atoms with van der Waals surface area (Å²) < 4.78 is 0. The number of benzene rings is 1. The Labute approximate surface area is 121 Å². The second kappa shape index (κ2) is 7.06. The molecule has 0 fully saturated rings.